The molecule has 0 radical (unpaired) electrons. The molecule has 0 amide bonds. The van der Waals surface area contributed by atoms with Crippen LogP contribution in [0.4, 0.5) is 4.39 Å². The van der Waals surface area contributed by atoms with E-state index in [9.17, 15) is 4.39 Å². The van der Waals surface area contributed by atoms with Crippen molar-refractivity contribution in [3.8, 4) is 11.5 Å². The van der Waals surface area contributed by atoms with Gasteiger partial charge in [-0.15, -0.1) is 0 Å². The second-order valence-electron chi connectivity index (χ2n) is 2.88. The van der Waals surface area contributed by atoms with Gasteiger partial charge < -0.3 is 15.2 Å². The first kappa shape index (κ1) is 9.55. The SMILES string of the molecule is NCc1c(F)c(Cl)cc2c1OCCO2. The largest absolute Gasteiger partial charge is 0.486 e. The molecule has 1 aromatic rings. The van der Waals surface area contributed by atoms with Crippen LogP contribution < -0.4 is 15.2 Å². The molecule has 14 heavy (non-hydrogen) atoms. The molecule has 3 nitrogen and oxygen atoms in total. The maximum Gasteiger partial charge on any atom is 0.168 e. The molecule has 76 valence electrons. The minimum Gasteiger partial charge on any atom is -0.486 e. The highest BCUT2D eigenvalue weighted by Crippen LogP contribution is 2.38. The van der Waals surface area contributed by atoms with E-state index in [-0.39, 0.29) is 17.1 Å². The highest BCUT2D eigenvalue weighted by molar-refractivity contribution is 6.31. The van der Waals surface area contributed by atoms with E-state index < -0.39 is 5.82 Å². The summed E-state index contributed by atoms with van der Waals surface area (Å²) < 4.78 is 24.0. The van der Waals surface area contributed by atoms with Gasteiger partial charge in [-0.05, 0) is 0 Å². The highest BCUT2D eigenvalue weighted by Gasteiger charge is 2.21. The minimum absolute atomic E-state index is 0.00898. The summed E-state index contributed by atoms with van der Waals surface area (Å²) in [7, 11) is 0. The van der Waals surface area contributed by atoms with Gasteiger partial charge in [0.05, 0.1) is 5.02 Å². The van der Waals surface area contributed by atoms with Crippen molar-refractivity contribution >= 4 is 11.6 Å². The first-order chi connectivity index (χ1) is 6.74. The molecule has 1 heterocycles. The number of ether oxygens (including phenoxy) is 2. The molecule has 0 fully saturated rings. The summed E-state index contributed by atoms with van der Waals surface area (Å²) in [6, 6.07) is 1.41. The van der Waals surface area contributed by atoms with Crippen LogP contribution in [0.3, 0.4) is 0 Å². The summed E-state index contributed by atoms with van der Waals surface area (Å²) in [6.07, 6.45) is 0. The van der Waals surface area contributed by atoms with E-state index >= 15 is 0 Å². The molecule has 5 heteroatoms. The van der Waals surface area contributed by atoms with Gasteiger partial charge in [-0.1, -0.05) is 11.6 Å². The van der Waals surface area contributed by atoms with E-state index in [4.69, 9.17) is 26.8 Å². The lowest BCUT2D eigenvalue weighted by Crippen LogP contribution is -2.18. The summed E-state index contributed by atoms with van der Waals surface area (Å²) in [5, 5.41) is 0.00898. The van der Waals surface area contributed by atoms with E-state index in [1.807, 2.05) is 0 Å². The fourth-order valence-corrected chi connectivity index (χ4v) is 1.59. The van der Waals surface area contributed by atoms with Gasteiger partial charge in [-0.3, -0.25) is 0 Å². The topological polar surface area (TPSA) is 44.5 Å². The second kappa shape index (κ2) is 3.63. The van der Waals surface area contributed by atoms with Crippen molar-refractivity contribution in [2.75, 3.05) is 13.2 Å². The Kier molecular flexibility index (Phi) is 2.48. The van der Waals surface area contributed by atoms with Crippen molar-refractivity contribution in [3.63, 3.8) is 0 Å². The fourth-order valence-electron chi connectivity index (χ4n) is 1.38. The predicted octanol–water partition coefficient (Wildman–Crippen LogP) is 1.71. The molecule has 0 saturated heterocycles. The van der Waals surface area contributed by atoms with Crippen molar-refractivity contribution in [2.24, 2.45) is 5.73 Å². The van der Waals surface area contributed by atoms with Gasteiger partial charge in [-0.25, -0.2) is 4.39 Å². The van der Waals surface area contributed by atoms with Crippen molar-refractivity contribution in [2.45, 2.75) is 6.54 Å². The zero-order valence-electron chi connectivity index (χ0n) is 7.35. The van der Waals surface area contributed by atoms with Gasteiger partial charge in [0.15, 0.2) is 11.5 Å². The van der Waals surface area contributed by atoms with Crippen molar-refractivity contribution < 1.29 is 13.9 Å². The van der Waals surface area contributed by atoms with E-state index in [1.165, 1.54) is 6.07 Å². The molecule has 0 aliphatic carbocycles. The number of benzene rings is 1. The number of hydrogen-bond donors (Lipinski definition) is 1. The Labute approximate surface area is 85.6 Å². The van der Waals surface area contributed by atoms with Crippen molar-refractivity contribution in [1.82, 2.24) is 0 Å². The molecule has 2 rings (SSSR count). The van der Waals surface area contributed by atoms with Gasteiger partial charge >= 0.3 is 0 Å². The molecular weight excluding hydrogens is 209 g/mol. The maximum atomic E-state index is 13.4. The molecule has 0 unspecified atom stereocenters. The Morgan fingerprint density at radius 1 is 1.43 bits per heavy atom. The fraction of sp³-hybridized carbons (Fsp3) is 0.333. The Morgan fingerprint density at radius 2 is 2.14 bits per heavy atom. The molecular formula is C9H9ClFNO2. The van der Waals surface area contributed by atoms with Crippen LogP contribution in [0, 0.1) is 5.82 Å². The number of nitrogens with two attached hydrogens (primary N) is 1. The number of rotatable bonds is 1. The van der Waals surface area contributed by atoms with Crippen LogP contribution >= 0.6 is 11.6 Å². The minimum atomic E-state index is -0.529. The van der Waals surface area contributed by atoms with Crippen LogP contribution in [0.25, 0.3) is 0 Å². The second-order valence-corrected chi connectivity index (χ2v) is 3.29. The summed E-state index contributed by atoms with van der Waals surface area (Å²) in [6.45, 7) is 0.887. The Hall–Kier alpha value is -1.00. The zero-order valence-corrected chi connectivity index (χ0v) is 8.10. The Morgan fingerprint density at radius 3 is 2.86 bits per heavy atom. The van der Waals surface area contributed by atoms with Gasteiger partial charge in [0.25, 0.3) is 0 Å². The molecule has 2 N–H and O–H groups in total. The Bertz CT molecular complexity index is 370. The molecule has 1 aliphatic heterocycles. The molecule has 0 bridgehead atoms. The lowest BCUT2D eigenvalue weighted by atomic mass is 10.1. The van der Waals surface area contributed by atoms with E-state index in [2.05, 4.69) is 0 Å². The molecule has 0 spiro atoms. The third-order valence-electron chi connectivity index (χ3n) is 2.02. The smallest absolute Gasteiger partial charge is 0.168 e. The molecule has 0 atom stereocenters. The van der Waals surface area contributed by atoms with E-state index in [0.29, 0.717) is 24.7 Å². The standard InChI is InChI=1S/C9H9ClFNO2/c10-6-3-7-9(14-2-1-13-7)5(4-12)8(6)11/h3H,1-2,4,12H2. The summed E-state index contributed by atoms with van der Waals surface area (Å²) in [5.74, 6) is 0.308. The number of hydrogen-bond acceptors (Lipinski definition) is 3. The van der Waals surface area contributed by atoms with Crippen molar-refractivity contribution in [3.05, 3.63) is 22.5 Å². The summed E-state index contributed by atoms with van der Waals surface area (Å²) in [4.78, 5) is 0. The molecule has 1 aliphatic rings. The first-order valence-electron chi connectivity index (χ1n) is 4.20. The predicted molar refractivity (Wildman–Crippen MR) is 50.3 cm³/mol. The number of fused-ring (bicyclic) bond motifs is 1. The van der Waals surface area contributed by atoms with Crippen LogP contribution in [-0.2, 0) is 6.54 Å². The van der Waals surface area contributed by atoms with Gasteiger partial charge in [0.1, 0.15) is 19.0 Å². The summed E-state index contributed by atoms with van der Waals surface area (Å²) >= 11 is 5.66. The maximum absolute atomic E-state index is 13.4. The third-order valence-corrected chi connectivity index (χ3v) is 2.30. The summed E-state index contributed by atoms with van der Waals surface area (Å²) in [5.41, 5.74) is 5.68. The van der Waals surface area contributed by atoms with Gasteiger partial charge in [0.2, 0.25) is 0 Å². The van der Waals surface area contributed by atoms with Crippen LogP contribution in [0.2, 0.25) is 5.02 Å². The molecule has 0 saturated carbocycles. The van der Waals surface area contributed by atoms with E-state index in [0.717, 1.165) is 0 Å². The molecule has 0 aromatic heterocycles. The van der Waals surface area contributed by atoms with Crippen molar-refractivity contribution in [1.29, 1.82) is 0 Å². The average Bonchev–Trinajstić information content (AvgIpc) is 2.20. The lowest BCUT2D eigenvalue weighted by Gasteiger charge is -2.21. The molecule has 1 aromatic carbocycles. The number of halogens is 2. The quantitative estimate of drug-likeness (QED) is 0.779. The highest BCUT2D eigenvalue weighted by atomic mass is 35.5. The van der Waals surface area contributed by atoms with E-state index in [1.54, 1.807) is 0 Å². The van der Waals surface area contributed by atoms with Crippen LogP contribution in [0.1, 0.15) is 5.56 Å². The monoisotopic (exact) mass is 217 g/mol. The van der Waals surface area contributed by atoms with Gasteiger partial charge in [0, 0.05) is 18.2 Å². The van der Waals surface area contributed by atoms with Crippen LogP contribution in [-0.4, -0.2) is 13.2 Å². The van der Waals surface area contributed by atoms with Crippen LogP contribution in [0.15, 0.2) is 6.07 Å². The average molecular weight is 218 g/mol. The van der Waals surface area contributed by atoms with Crippen LogP contribution in [0.5, 0.6) is 11.5 Å². The first-order valence-corrected chi connectivity index (χ1v) is 4.58. The normalized spacial score (nSPS) is 14.2. The van der Waals surface area contributed by atoms with Gasteiger partial charge in [-0.2, -0.15) is 0 Å². The zero-order chi connectivity index (χ0) is 10.1. The Balaban J connectivity index is 2.60. The lowest BCUT2D eigenvalue weighted by molar-refractivity contribution is 0.169. The third kappa shape index (κ3) is 1.40.